The van der Waals surface area contributed by atoms with E-state index in [0.29, 0.717) is 0 Å². The molecule has 0 atom stereocenters. The molecule has 6 heteroatoms. The zero-order valence-corrected chi connectivity index (χ0v) is 16.6. The van der Waals surface area contributed by atoms with E-state index in [1.54, 1.807) is 6.08 Å². The van der Waals surface area contributed by atoms with E-state index < -0.39 is 0 Å². The first kappa shape index (κ1) is 20.9. The van der Waals surface area contributed by atoms with E-state index in [4.69, 9.17) is 9.90 Å². The third kappa shape index (κ3) is 7.00. The van der Waals surface area contributed by atoms with Crippen LogP contribution in [0.15, 0.2) is 65.1 Å². The van der Waals surface area contributed by atoms with Crippen LogP contribution in [0.5, 0.6) is 0 Å². The average Bonchev–Trinajstić information content (AvgIpc) is 2.70. The summed E-state index contributed by atoms with van der Waals surface area (Å²) in [5.74, 6) is 0.0967. The molecule has 0 aliphatic carbocycles. The van der Waals surface area contributed by atoms with Crippen LogP contribution in [0.25, 0.3) is 6.08 Å². The van der Waals surface area contributed by atoms with E-state index in [9.17, 15) is 4.79 Å². The molecule has 27 heavy (non-hydrogen) atoms. The summed E-state index contributed by atoms with van der Waals surface area (Å²) in [5.41, 5.74) is 2.35. The number of amides is 1. The minimum atomic E-state index is -0.250. The molecule has 0 bridgehead atoms. The van der Waals surface area contributed by atoms with Gasteiger partial charge in [-0.25, -0.2) is 0 Å². The largest absolute Gasteiger partial charge is 0.483 e. The van der Waals surface area contributed by atoms with Gasteiger partial charge < -0.3 is 10.0 Å². The van der Waals surface area contributed by atoms with Crippen LogP contribution in [0.2, 0.25) is 0 Å². The van der Waals surface area contributed by atoms with Gasteiger partial charge in [0.15, 0.2) is 0 Å². The number of halogens is 1. The Balaban J connectivity index is 0.000000817. The van der Waals surface area contributed by atoms with Gasteiger partial charge in [-0.3, -0.25) is 14.5 Å². The summed E-state index contributed by atoms with van der Waals surface area (Å²) in [6.07, 6.45) is 3.56. The van der Waals surface area contributed by atoms with Crippen LogP contribution < -0.4 is 0 Å². The lowest BCUT2D eigenvalue weighted by Gasteiger charge is -2.34. The zero-order chi connectivity index (χ0) is 19.5. The molecule has 0 saturated carbocycles. The predicted molar refractivity (Wildman–Crippen MR) is 110 cm³/mol. The lowest BCUT2D eigenvalue weighted by molar-refractivity contribution is -0.127. The predicted octanol–water partition coefficient (Wildman–Crippen LogP) is 3.51. The van der Waals surface area contributed by atoms with Gasteiger partial charge in [-0.15, -0.1) is 0 Å². The Kier molecular flexibility index (Phi) is 8.74. The Morgan fingerprint density at radius 1 is 1.00 bits per heavy atom. The van der Waals surface area contributed by atoms with Crippen LogP contribution in [0, 0.1) is 0 Å². The van der Waals surface area contributed by atoms with Crippen LogP contribution in [0.3, 0.4) is 0 Å². The Labute approximate surface area is 168 Å². The maximum absolute atomic E-state index is 12.3. The Bertz CT molecular complexity index is 757. The van der Waals surface area contributed by atoms with E-state index in [2.05, 4.69) is 39.0 Å². The Morgan fingerprint density at radius 3 is 2.22 bits per heavy atom. The Morgan fingerprint density at radius 2 is 1.59 bits per heavy atom. The molecule has 1 fully saturated rings. The van der Waals surface area contributed by atoms with Crippen molar-refractivity contribution in [1.29, 1.82) is 0 Å². The number of carbonyl (C=O) groups is 2. The van der Waals surface area contributed by atoms with Crippen molar-refractivity contribution in [3.63, 3.8) is 0 Å². The topological polar surface area (TPSA) is 60.9 Å². The molecule has 1 N–H and O–H groups in total. The van der Waals surface area contributed by atoms with Crippen molar-refractivity contribution in [2.45, 2.75) is 6.54 Å². The molecular weight excluding hydrogens is 408 g/mol. The van der Waals surface area contributed by atoms with Crippen molar-refractivity contribution in [3.8, 4) is 0 Å². The van der Waals surface area contributed by atoms with Gasteiger partial charge in [0, 0.05) is 43.3 Å². The lowest BCUT2D eigenvalue weighted by Crippen LogP contribution is -2.47. The van der Waals surface area contributed by atoms with Crippen LogP contribution >= 0.6 is 15.9 Å². The number of nitrogens with zero attached hydrogens (tertiary/aromatic N) is 2. The van der Waals surface area contributed by atoms with Crippen LogP contribution in [0.1, 0.15) is 11.1 Å². The molecule has 142 valence electrons. The quantitative estimate of drug-likeness (QED) is 0.595. The lowest BCUT2D eigenvalue weighted by atomic mass is 10.2. The van der Waals surface area contributed by atoms with E-state index >= 15 is 0 Å². The highest BCUT2D eigenvalue weighted by molar-refractivity contribution is 9.10. The van der Waals surface area contributed by atoms with Crippen LogP contribution in [-0.2, 0) is 16.1 Å². The zero-order valence-electron chi connectivity index (χ0n) is 15.0. The number of carboxylic acid groups (broad SMARTS) is 1. The summed E-state index contributed by atoms with van der Waals surface area (Å²) in [7, 11) is 0. The molecule has 1 heterocycles. The molecule has 3 rings (SSSR count). The molecule has 5 nitrogen and oxygen atoms in total. The molecule has 0 unspecified atom stereocenters. The second-order valence-corrected chi connectivity index (χ2v) is 6.90. The van der Waals surface area contributed by atoms with Gasteiger partial charge in [0.05, 0.1) is 0 Å². The smallest absolute Gasteiger partial charge is 0.290 e. The number of hydrogen-bond acceptors (Lipinski definition) is 3. The highest BCUT2D eigenvalue weighted by Crippen LogP contribution is 2.18. The van der Waals surface area contributed by atoms with E-state index in [1.165, 1.54) is 5.56 Å². The van der Waals surface area contributed by atoms with Crippen LogP contribution in [0.4, 0.5) is 0 Å². The van der Waals surface area contributed by atoms with Gasteiger partial charge in [0.25, 0.3) is 6.47 Å². The monoisotopic (exact) mass is 430 g/mol. The van der Waals surface area contributed by atoms with Crippen molar-refractivity contribution >= 4 is 34.4 Å². The van der Waals surface area contributed by atoms with Crippen molar-refractivity contribution in [3.05, 3.63) is 76.3 Å². The van der Waals surface area contributed by atoms with Gasteiger partial charge in [0.1, 0.15) is 0 Å². The highest BCUT2D eigenvalue weighted by atomic mass is 79.9. The van der Waals surface area contributed by atoms with E-state index in [0.717, 1.165) is 42.8 Å². The van der Waals surface area contributed by atoms with Gasteiger partial charge in [-0.05, 0) is 23.3 Å². The van der Waals surface area contributed by atoms with E-state index in [1.807, 2.05) is 47.4 Å². The minimum absolute atomic E-state index is 0.0967. The van der Waals surface area contributed by atoms with Crippen LogP contribution in [-0.4, -0.2) is 53.5 Å². The molecule has 1 aliphatic heterocycles. The van der Waals surface area contributed by atoms with E-state index in [-0.39, 0.29) is 12.4 Å². The maximum Gasteiger partial charge on any atom is 0.290 e. The molecule has 0 aromatic heterocycles. The summed E-state index contributed by atoms with van der Waals surface area (Å²) < 4.78 is 1.15. The fraction of sp³-hybridized carbons (Fsp3) is 0.238. The van der Waals surface area contributed by atoms with Crippen molar-refractivity contribution in [2.24, 2.45) is 0 Å². The third-order valence-electron chi connectivity index (χ3n) is 4.25. The summed E-state index contributed by atoms with van der Waals surface area (Å²) in [4.78, 5) is 25.0. The molecular formula is C21H23BrN2O3. The van der Waals surface area contributed by atoms with Gasteiger partial charge >= 0.3 is 0 Å². The molecule has 0 radical (unpaired) electrons. The van der Waals surface area contributed by atoms with Crippen molar-refractivity contribution < 1.29 is 14.7 Å². The third-order valence-corrected chi connectivity index (χ3v) is 5.03. The molecule has 0 spiro atoms. The first-order chi connectivity index (χ1) is 13.1. The number of benzene rings is 2. The standard InChI is InChI=1S/C20H21BrN2O.CH2O2/c21-19-9-5-4-8-18(19)16-22-12-14-23(15-13-22)20(24)11-10-17-6-2-1-3-7-17;2-1-3/h1-11H,12-16H2;1H,(H,2,3)/b11-10+;. The van der Waals surface area contributed by atoms with Crippen molar-refractivity contribution in [2.75, 3.05) is 26.2 Å². The second-order valence-electron chi connectivity index (χ2n) is 6.04. The molecule has 1 amide bonds. The average molecular weight is 431 g/mol. The second kappa shape index (κ2) is 11.3. The normalized spacial score (nSPS) is 14.5. The number of hydrogen-bond donors (Lipinski definition) is 1. The van der Waals surface area contributed by atoms with Gasteiger partial charge in [-0.2, -0.15) is 0 Å². The fourth-order valence-corrected chi connectivity index (χ4v) is 3.24. The fourth-order valence-electron chi connectivity index (χ4n) is 2.83. The molecule has 1 saturated heterocycles. The SMILES string of the molecule is O=C(/C=C/c1ccccc1)N1CCN(Cc2ccccc2Br)CC1.O=CO. The molecule has 2 aromatic carbocycles. The number of piperazine rings is 1. The molecule has 1 aliphatic rings. The Hall–Kier alpha value is -2.44. The molecule has 2 aromatic rings. The summed E-state index contributed by atoms with van der Waals surface area (Å²) >= 11 is 3.60. The minimum Gasteiger partial charge on any atom is -0.483 e. The summed E-state index contributed by atoms with van der Waals surface area (Å²) in [6.45, 7) is 4.05. The first-order valence-corrected chi connectivity index (χ1v) is 9.49. The maximum atomic E-state index is 12.3. The number of carbonyl (C=O) groups excluding carboxylic acids is 1. The summed E-state index contributed by atoms with van der Waals surface area (Å²) in [6, 6.07) is 18.2. The van der Waals surface area contributed by atoms with Gasteiger partial charge in [0.2, 0.25) is 5.91 Å². The number of rotatable bonds is 4. The highest BCUT2D eigenvalue weighted by Gasteiger charge is 2.19. The summed E-state index contributed by atoms with van der Waals surface area (Å²) in [5, 5.41) is 6.89. The first-order valence-electron chi connectivity index (χ1n) is 8.69. The van der Waals surface area contributed by atoms with Crippen molar-refractivity contribution in [1.82, 2.24) is 9.80 Å². The van der Waals surface area contributed by atoms with Gasteiger partial charge in [-0.1, -0.05) is 64.5 Å².